The maximum atomic E-state index is 12.6. The SMILES string of the molecule is CCCCCC=CCC=CCC=CCC=CCCCCCC(=O)OC[C@H](COP(=O)(O)OCCN)OC(=O)CCCCCCCCCCCC=CCC=CCCCCC. The molecule has 0 spiro atoms. The Hall–Kier alpha value is -2.55. The van der Waals surface area contributed by atoms with Crippen LogP contribution in [0.5, 0.6) is 0 Å². The molecule has 59 heavy (non-hydrogen) atoms. The molecule has 0 saturated heterocycles. The van der Waals surface area contributed by atoms with Crippen LogP contribution in [-0.4, -0.2) is 49.3 Å². The Morgan fingerprint density at radius 1 is 0.508 bits per heavy atom. The van der Waals surface area contributed by atoms with Crippen molar-refractivity contribution in [1.82, 2.24) is 0 Å². The van der Waals surface area contributed by atoms with Crippen LogP contribution >= 0.6 is 7.82 Å². The Morgan fingerprint density at radius 2 is 0.881 bits per heavy atom. The first-order valence-corrected chi connectivity index (χ1v) is 24.9. The van der Waals surface area contributed by atoms with E-state index >= 15 is 0 Å². The molecule has 0 aromatic heterocycles. The van der Waals surface area contributed by atoms with Crippen LogP contribution in [0.2, 0.25) is 0 Å². The van der Waals surface area contributed by atoms with E-state index < -0.39 is 32.5 Å². The zero-order chi connectivity index (χ0) is 43.2. The van der Waals surface area contributed by atoms with Crippen LogP contribution in [0.25, 0.3) is 0 Å². The van der Waals surface area contributed by atoms with Gasteiger partial charge in [0.15, 0.2) is 6.10 Å². The van der Waals surface area contributed by atoms with Crippen molar-refractivity contribution < 1.29 is 37.6 Å². The molecule has 0 fully saturated rings. The molecule has 2 atom stereocenters. The highest BCUT2D eigenvalue weighted by molar-refractivity contribution is 7.47. The summed E-state index contributed by atoms with van der Waals surface area (Å²) >= 11 is 0. The molecule has 0 radical (unpaired) electrons. The van der Waals surface area contributed by atoms with Crippen LogP contribution in [0.4, 0.5) is 0 Å². The molecule has 0 saturated carbocycles. The van der Waals surface area contributed by atoms with Crippen LogP contribution in [0, 0.1) is 0 Å². The van der Waals surface area contributed by atoms with Crippen LogP contribution < -0.4 is 5.73 Å². The van der Waals surface area contributed by atoms with Gasteiger partial charge in [-0.1, -0.05) is 164 Å². The number of rotatable bonds is 43. The zero-order valence-electron chi connectivity index (χ0n) is 37.5. The van der Waals surface area contributed by atoms with Gasteiger partial charge in [-0.25, -0.2) is 4.57 Å². The molecule has 3 N–H and O–H groups in total. The van der Waals surface area contributed by atoms with Gasteiger partial charge in [0.05, 0.1) is 13.2 Å². The molecule has 0 aliphatic heterocycles. The maximum absolute atomic E-state index is 12.6. The van der Waals surface area contributed by atoms with E-state index in [-0.39, 0.29) is 32.6 Å². The molecule has 0 heterocycles. The topological polar surface area (TPSA) is 134 Å². The lowest BCUT2D eigenvalue weighted by Gasteiger charge is -2.19. The molecule has 10 heteroatoms. The second kappa shape index (κ2) is 45.0. The lowest BCUT2D eigenvalue weighted by Crippen LogP contribution is -2.29. The van der Waals surface area contributed by atoms with Gasteiger partial charge in [-0.05, 0) is 89.9 Å². The number of carbonyl (C=O) groups excluding carboxylic acids is 2. The monoisotopic (exact) mass is 848 g/mol. The fourth-order valence-corrected chi connectivity index (χ4v) is 6.82. The smallest absolute Gasteiger partial charge is 0.462 e. The van der Waals surface area contributed by atoms with Crippen LogP contribution in [0.15, 0.2) is 72.9 Å². The average Bonchev–Trinajstić information content (AvgIpc) is 3.22. The summed E-state index contributed by atoms with van der Waals surface area (Å²) in [6.07, 6.45) is 55.0. The molecule has 0 bridgehead atoms. The van der Waals surface area contributed by atoms with Gasteiger partial charge in [0.1, 0.15) is 6.61 Å². The fraction of sp³-hybridized carbons (Fsp3) is 0.714. The summed E-state index contributed by atoms with van der Waals surface area (Å²) in [5, 5.41) is 0. The van der Waals surface area contributed by atoms with Crippen molar-refractivity contribution >= 4 is 19.8 Å². The molecule has 0 aliphatic rings. The van der Waals surface area contributed by atoms with Crippen molar-refractivity contribution in [3.63, 3.8) is 0 Å². The Kier molecular flexibility index (Phi) is 43.0. The lowest BCUT2D eigenvalue weighted by molar-refractivity contribution is -0.161. The first-order valence-electron chi connectivity index (χ1n) is 23.4. The van der Waals surface area contributed by atoms with Crippen molar-refractivity contribution in [1.29, 1.82) is 0 Å². The van der Waals surface area contributed by atoms with E-state index in [1.165, 1.54) is 83.5 Å². The van der Waals surface area contributed by atoms with E-state index in [2.05, 4.69) is 86.8 Å². The summed E-state index contributed by atoms with van der Waals surface area (Å²) in [6, 6.07) is 0. The number of allylic oxidation sites excluding steroid dienone is 12. The number of phosphoric ester groups is 1. The first kappa shape index (κ1) is 56.5. The second-order valence-electron chi connectivity index (χ2n) is 15.3. The summed E-state index contributed by atoms with van der Waals surface area (Å²) in [5.74, 6) is -0.872. The molecule has 340 valence electrons. The summed E-state index contributed by atoms with van der Waals surface area (Å²) < 4.78 is 32.8. The average molecular weight is 848 g/mol. The number of hydrogen-bond donors (Lipinski definition) is 2. The summed E-state index contributed by atoms with van der Waals surface area (Å²) in [6.45, 7) is 3.64. The Balaban J connectivity index is 4.19. The molecule has 0 aromatic carbocycles. The molecule has 9 nitrogen and oxygen atoms in total. The number of nitrogens with two attached hydrogens (primary N) is 1. The second-order valence-corrected chi connectivity index (χ2v) is 16.7. The van der Waals surface area contributed by atoms with Gasteiger partial charge in [-0.2, -0.15) is 0 Å². The van der Waals surface area contributed by atoms with Crippen molar-refractivity contribution in [3.8, 4) is 0 Å². The van der Waals surface area contributed by atoms with Crippen LogP contribution in [0.3, 0.4) is 0 Å². The highest BCUT2D eigenvalue weighted by Gasteiger charge is 2.26. The minimum absolute atomic E-state index is 0.0447. The number of unbranched alkanes of at least 4 members (excludes halogenated alkanes) is 18. The van der Waals surface area contributed by atoms with Gasteiger partial charge in [-0.15, -0.1) is 0 Å². The third kappa shape index (κ3) is 44.8. The molecule has 0 amide bonds. The zero-order valence-corrected chi connectivity index (χ0v) is 38.4. The summed E-state index contributed by atoms with van der Waals surface area (Å²) in [5.41, 5.74) is 5.35. The maximum Gasteiger partial charge on any atom is 0.472 e. The van der Waals surface area contributed by atoms with Gasteiger partial charge in [-0.3, -0.25) is 18.6 Å². The van der Waals surface area contributed by atoms with E-state index in [1.54, 1.807) is 0 Å². The van der Waals surface area contributed by atoms with E-state index in [4.69, 9.17) is 24.3 Å². The molecular formula is C49H86NO8P. The summed E-state index contributed by atoms with van der Waals surface area (Å²) in [7, 11) is -4.39. The number of ether oxygens (including phenoxy) is 2. The number of hydrogen-bond acceptors (Lipinski definition) is 8. The van der Waals surface area contributed by atoms with Crippen LogP contribution in [0.1, 0.15) is 194 Å². The fourth-order valence-electron chi connectivity index (χ4n) is 6.06. The van der Waals surface area contributed by atoms with Gasteiger partial charge >= 0.3 is 19.8 Å². The number of carbonyl (C=O) groups is 2. The minimum Gasteiger partial charge on any atom is -0.462 e. The molecule has 1 unspecified atom stereocenters. The number of phosphoric acid groups is 1. The quantitative estimate of drug-likeness (QED) is 0.0266. The van der Waals surface area contributed by atoms with Crippen molar-refractivity contribution in [3.05, 3.63) is 72.9 Å². The van der Waals surface area contributed by atoms with E-state index in [1.807, 2.05) is 0 Å². The lowest BCUT2D eigenvalue weighted by atomic mass is 10.1. The molecule has 0 rings (SSSR count). The van der Waals surface area contributed by atoms with E-state index in [9.17, 15) is 19.0 Å². The van der Waals surface area contributed by atoms with Crippen molar-refractivity contribution in [2.24, 2.45) is 5.73 Å². The summed E-state index contributed by atoms with van der Waals surface area (Å²) in [4.78, 5) is 35.0. The van der Waals surface area contributed by atoms with E-state index in [0.717, 1.165) is 70.6 Å². The minimum atomic E-state index is -4.39. The normalized spacial score (nSPS) is 13.9. The first-order chi connectivity index (χ1) is 28.8. The predicted octanol–water partition coefficient (Wildman–Crippen LogP) is 13.8. The third-order valence-electron chi connectivity index (χ3n) is 9.56. The van der Waals surface area contributed by atoms with Crippen molar-refractivity contribution in [2.75, 3.05) is 26.4 Å². The Morgan fingerprint density at radius 3 is 1.32 bits per heavy atom. The third-order valence-corrected chi connectivity index (χ3v) is 10.5. The van der Waals surface area contributed by atoms with Gasteiger partial charge in [0.2, 0.25) is 0 Å². The Bertz CT molecular complexity index is 1190. The van der Waals surface area contributed by atoms with Crippen molar-refractivity contribution in [2.45, 2.75) is 200 Å². The molecular weight excluding hydrogens is 762 g/mol. The largest absolute Gasteiger partial charge is 0.472 e. The van der Waals surface area contributed by atoms with Gasteiger partial charge in [0, 0.05) is 19.4 Å². The molecule has 0 aromatic rings. The highest BCUT2D eigenvalue weighted by atomic mass is 31.2. The van der Waals surface area contributed by atoms with Gasteiger partial charge < -0.3 is 20.1 Å². The number of esters is 2. The van der Waals surface area contributed by atoms with Gasteiger partial charge in [0.25, 0.3) is 0 Å². The standard InChI is InChI=1S/C49H86NO8P/c1-3-5-7-9-11-13-15-17-19-21-23-25-27-29-31-33-35-37-39-41-48(51)55-45-47(46-57-59(53,54)56-44-43-50)58-49(52)42-40-38-36-34-32-30-28-26-24-22-20-18-16-14-12-10-8-6-4-2/h11-14,17-20,23,25,29,31,47H,3-10,15-16,21-22,24,26-28,30,32-46,50H2,1-2H3,(H,53,54)/t47-/m1/s1. The highest BCUT2D eigenvalue weighted by Crippen LogP contribution is 2.43. The predicted molar refractivity (Wildman–Crippen MR) is 247 cm³/mol. The Labute approximate surface area is 361 Å². The van der Waals surface area contributed by atoms with E-state index in [0.29, 0.717) is 12.8 Å². The van der Waals surface area contributed by atoms with Crippen LogP contribution in [-0.2, 0) is 32.7 Å². The molecule has 0 aliphatic carbocycles.